The molecule has 1 atom stereocenters. The Morgan fingerprint density at radius 3 is 2.61 bits per heavy atom. The third-order valence-electron chi connectivity index (χ3n) is 3.94. The molecule has 0 saturated heterocycles. The molecule has 2 N–H and O–H groups in total. The normalized spacial score (nSPS) is 16.0. The Morgan fingerprint density at radius 1 is 1.17 bits per heavy atom. The number of ether oxygens (including phenoxy) is 2. The molecule has 1 aliphatic rings. The van der Waals surface area contributed by atoms with E-state index in [1.165, 1.54) is 0 Å². The molecule has 0 spiro atoms. The van der Waals surface area contributed by atoms with Gasteiger partial charge in [-0.05, 0) is 37.5 Å². The molecule has 0 radical (unpaired) electrons. The first-order valence-corrected chi connectivity index (χ1v) is 8.53. The van der Waals surface area contributed by atoms with Crippen LogP contribution >= 0.6 is 0 Å². The van der Waals surface area contributed by atoms with Crippen molar-refractivity contribution >= 4 is 5.96 Å². The number of fused-ring (bicyclic) bond motifs is 1. The zero-order chi connectivity index (χ0) is 16.7. The maximum absolute atomic E-state index is 5.73. The summed E-state index contributed by atoms with van der Waals surface area (Å²) in [6.45, 7) is 11.5. The number of guanidine groups is 1. The summed E-state index contributed by atoms with van der Waals surface area (Å²) < 4.78 is 11.4. The standard InChI is InChI=1S/C18H29N3O2/c1-5-19-18(21-14(4)13(2)3)20-12-15-7-8-16-17(11-15)23-10-6-9-22-16/h7-8,11,13-14H,5-6,9-10,12H2,1-4H3,(H2,19,20,21). The van der Waals surface area contributed by atoms with Crippen molar-refractivity contribution in [3.63, 3.8) is 0 Å². The molecule has 1 aromatic rings. The molecule has 1 aromatic carbocycles. The number of nitrogens with one attached hydrogen (secondary N) is 2. The van der Waals surface area contributed by atoms with Crippen LogP contribution in [0, 0.1) is 5.92 Å². The lowest BCUT2D eigenvalue weighted by Gasteiger charge is -2.20. The van der Waals surface area contributed by atoms with E-state index in [1.807, 2.05) is 18.2 Å². The van der Waals surface area contributed by atoms with E-state index >= 15 is 0 Å². The lowest BCUT2D eigenvalue weighted by molar-refractivity contribution is 0.297. The van der Waals surface area contributed by atoms with E-state index in [9.17, 15) is 0 Å². The van der Waals surface area contributed by atoms with E-state index in [0.29, 0.717) is 31.7 Å². The Bertz CT molecular complexity index is 529. The van der Waals surface area contributed by atoms with Gasteiger partial charge >= 0.3 is 0 Å². The molecule has 0 fully saturated rings. The number of aliphatic imine (C=N–C) groups is 1. The summed E-state index contributed by atoms with van der Waals surface area (Å²) in [6, 6.07) is 6.42. The van der Waals surface area contributed by atoms with E-state index < -0.39 is 0 Å². The van der Waals surface area contributed by atoms with Crippen molar-refractivity contribution in [3.8, 4) is 11.5 Å². The Kier molecular flexibility index (Phi) is 6.56. The van der Waals surface area contributed by atoms with Crippen molar-refractivity contribution in [2.45, 2.75) is 46.7 Å². The highest BCUT2D eigenvalue weighted by Crippen LogP contribution is 2.30. The third kappa shape index (κ3) is 5.34. The van der Waals surface area contributed by atoms with Gasteiger partial charge in [-0.1, -0.05) is 19.9 Å². The SMILES string of the molecule is CCNC(=NCc1ccc2c(c1)OCCCO2)NC(C)C(C)C. The Morgan fingerprint density at radius 2 is 1.91 bits per heavy atom. The molecule has 2 rings (SSSR count). The number of hydrogen-bond donors (Lipinski definition) is 2. The van der Waals surface area contributed by atoms with Crippen LogP contribution < -0.4 is 20.1 Å². The molecule has 5 heteroatoms. The van der Waals surface area contributed by atoms with Crippen LogP contribution in [0.15, 0.2) is 23.2 Å². The summed E-state index contributed by atoms with van der Waals surface area (Å²) in [5, 5.41) is 6.74. The molecule has 0 aliphatic carbocycles. The Hall–Kier alpha value is -1.91. The van der Waals surface area contributed by atoms with Crippen LogP contribution in [0.3, 0.4) is 0 Å². The molecular formula is C18H29N3O2. The van der Waals surface area contributed by atoms with Gasteiger partial charge in [0.25, 0.3) is 0 Å². The summed E-state index contributed by atoms with van der Waals surface area (Å²) in [4.78, 5) is 4.68. The van der Waals surface area contributed by atoms with Gasteiger partial charge in [-0.2, -0.15) is 0 Å². The highest BCUT2D eigenvalue weighted by Gasteiger charge is 2.11. The highest BCUT2D eigenvalue weighted by atomic mass is 16.5. The average molecular weight is 319 g/mol. The van der Waals surface area contributed by atoms with Gasteiger partial charge in [0, 0.05) is 19.0 Å². The van der Waals surface area contributed by atoms with Gasteiger partial charge in [0.2, 0.25) is 0 Å². The lowest BCUT2D eigenvalue weighted by Crippen LogP contribution is -2.44. The largest absolute Gasteiger partial charge is 0.490 e. The van der Waals surface area contributed by atoms with Gasteiger partial charge in [0.1, 0.15) is 0 Å². The fourth-order valence-electron chi connectivity index (χ4n) is 2.18. The Balaban J connectivity index is 2.05. The van der Waals surface area contributed by atoms with Crippen molar-refractivity contribution in [1.82, 2.24) is 10.6 Å². The molecule has 5 nitrogen and oxygen atoms in total. The van der Waals surface area contributed by atoms with Crippen LogP contribution in [0.25, 0.3) is 0 Å². The minimum Gasteiger partial charge on any atom is -0.490 e. The molecule has 1 heterocycles. The van der Waals surface area contributed by atoms with E-state index in [-0.39, 0.29) is 0 Å². The fourth-order valence-corrected chi connectivity index (χ4v) is 2.18. The second-order valence-electron chi connectivity index (χ2n) is 6.20. The van der Waals surface area contributed by atoms with Gasteiger partial charge < -0.3 is 20.1 Å². The van der Waals surface area contributed by atoms with E-state index in [4.69, 9.17) is 9.47 Å². The fraction of sp³-hybridized carbons (Fsp3) is 0.611. The second-order valence-corrected chi connectivity index (χ2v) is 6.20. The topological polar surface area (TPSA) is 54.9 Å². The van der Waals surface area contributed by atoms with Crippen molar-refractivity contribution in [3.05, 3.63) is 23.8 Å². The first-order chi connectivity index (χ1) is 11.1. The van der Waals surface area contributed by atoms with Crippen LogP contribution in [-0.4, -0.2) is 31.8 Å². The van der Waals surface area contributed by atoms with Gasteiger partial charge in [-0.3, -0.25) is 0 Å². The van der Waals surface area contributed by atoms with Crippen LogP contribution in [0.2, 0.25) is 0 Å². The van der Waals surface area contributed by atoms with Crippen molar-refractivity contribution in [2.75, 3.05) is 19.8 Å². The van der Waals surface area contributed by atoms with Crippen molar-refractivity contribution in [1.29, 1.82) is 0 Å². The van der Waals surface area contributed by atoms with Crippen LogP contribution in [-0.2, 0) is 6.54 Å². The van der Waals surface area contributed by atoms with Crippen molar-refractivity contribution < 1.29 is 9.47 Å². The monoisotopic (exact) mass is 319 g/mol. The first-order valence-electron chi connectivity index (χ1n) is 8.53. The molecule has 1 aliphatic heterocycles. The summed E-state index contributed by atoms with van der Waals surface area (Å²) >= 11 is 0. The zero-order valence-corrected chi connectivity index (χ0v) is 14.7. The van der Waals surface area contributed by atoms with Crippen LogP contribution in [0.5, 0.6) is 11.5 Å². The number of nitrogens with zero attached hydrogens (tertiary/aromatic N) is 1. The molecule has 0 amide bonds. The van der Waals surface area contributed by atoms with Crippen LogP contribution in [0.4, 0.5) is 0 Å². The lowest BCUT2D eigenvalue weighted by atomic mass is 10.1. The maximum Gasteiger partial charge on any atom is 0.191 e. The predicted molar refractivity (Wildman–Crippen MR) is 94.3 cm³/mol. The maximum atomic E-state index is 5.73. The molecule has 0 saturated carbocycles. The second kappa shape index (κ2) is 8.65. The van der Waals surface area contributed by atoms with E-state index in [1.54, 1.807) is 0 Å². The third-order valence-corrected chi connectivity index (χ3v) is 3.94. The summed E-state index contributed by atoms with van der Waals surface area (Å²) in [6.07, 6.45) is 0.920. The number of benzene rings is 1. The molecule has 0 aromatic heterocycles. The van der Waals surface area contributed by atoms with Gasteiger partial charge in [-0.15, -0.1) is 0 Å². The Labute approximate surface area is 139 Å². The summed E-state index contributed by atoms with van der Waals surface area (Å²) in [7, 11) is 0. The number of rotatable bonds is 5. The molecule has 23 heavy (non-hydrogen) atoms. The van der Waals surface area contributed by atoms with Crippen LogP contribution in [0.1, 0.15) is 39.7 Å². The summed E-state index contributed by atoms with van der Waals surface area (Å²) in [5.74, 6) is 3.05. The molecular weight excluding hydrogens is 290 g/mol. The average Bonchev–Trinajstić information content (AvgIpc) is 2.77. The van der Waals surface area contributed by atoms with Gasteiger partial charge in [-0.25, -0.2) is 4.99 Å². The van der Waals surface area contributed by atoms with Gasteiger partial charge in [0.15, 0.2) is 17.5 Å². The predicted octanol–water partition coefficient (Wildman–Crippen LogP) is 2.95. The van der Waals surface area contributed by atoms with Gasteiger partial charge in [0.05, 0.1) is 19.8 Å². The van der Waals surface area contributed by atoms with Crippen molar-refractivity contribution in [2.24, 2.45) is 10.9 Å². The minimum absolute atomic E-state index is 0.372. The number of hydrogen-bond acceptors (Lipinski definition) is 3. The molecule has 1 unspecified atom stereocenters. The molecule has 0 bridgehead atoms. The quantitative estimate of drug-likeness (QED) is 0.647. The molecule has 128 valence electrons. The zero-order valence-electron chi connectivity index (χ0n) is 14.7. The van der Waals surface area contributed by atoms with E-state index in [0.717, 1.165) is 36.0 Å². The minimum atomic E-state index is 0.372. The van der Waals surface area contributed by atoms with E-state index in [2.05, 4.69) is 43.3 Å². The highest BCUT2D eigenvalue weighted by molar-refractivity contribution is 5.80. The smallest absolute Gasteiger partial charge is 0.191 e. The summed E-state index contributed by atoms with van der Waals surface area (Å²) in [5.41, 5.74) is 1.11. The first kappa shape index (κ1) is 17.4.